The Hall–Kier alpha value is -9.52. The number of nitrogens with one attached hydrogen (secondary N) is 2. The summed E-state index contributed by atoms with van der Waals surface area (Å²) in [6.07, 6.45) is 4.80. The third kappa shape index (κ3) is 11.3. The lowest BCUT2D eigenvalue weighted by atomic mass is 9.96. The standard InChI is InChI=1S/C35H40N8O3S.C33H36N8O3S/c1-8-10-29-37-22(4)30-32(44)38-31(39-43(29)30)26-20-24(12-14-28(26)46-9-2)40-17-15-23(16-18-40)42-34(47)41(33(45)35(42,5)6)25-11-13-27(36-7)21(3)19-25;1-8-10-27-35-20(4)28-30(42)36-29(37-41(27)28)24-16-21(12-14-26(24)44-9-2)38-17-23(18-38)40-32(45)39(31(43)33(40,5)6)22-11-13-25(34-7)19(3)15-22/h11-14,19-20,23H,8-10,15-18H2,1-6H3,(H,38,39,44);11-16,23H,8-10,17-18H2,1-6H3,(H,36,37,42). The van der Waals surface area contributed by atoms with Gasteiger partial charge in [0.25, 0.3) is 22.9 Å². The van der Waals surface area contributed by atoms with Crippen LogP contribution in [0, 0.1) is 40.8 Å². The Balaban J connectivity index is 0.000000189. The average Bonchev–Trinajstić information content (AvgIpc) is 1.56. The minimum atomic E-state index is -0.831. The number of nitrogens with zero attached hydrogens (tertiary/aromatic N) is 14. The van der Waals surface area contributed by atoms with Gasteiger partial charge in [-0.2, -0.15) is 0 Å². The molecule has 2 amide bonds. The van der Waals surface area contributed by atoms with Crippen molar-refractivity contribution in [2.75, 3.05) is 59.0 Å². The van der Waals surface area contributed by atoms with E-state index >= 15 is 0 Å². The topological polar surface area (TPSA) is 207 Å². The number of anilines is 4. The molecule has 0 unspecified atom stereocenters. The first-order valence-electron chi connectivity index (χ1n) is 31.3. The molecule has 0 bridgehead atoms. The lowest BCUT2D eigenvalue weighted by Gasteiger charge is -2.49. The van der Waals surface area contributed by atoms with E-state index in [0.29, 0.717) is 129 Å². The van der Waals surface area contributed by atoms with E-state index in [1.807, 2.05) is 123 Å². The first-order chi connectivity index (χ1) is 44.0. The van der Waals surface area contributed by atoms with Gasteiger partial charge in [-0.25, -0.2) is 28.7 Å². The lowest BCUT2D eigenvalue weighted by Crippen LogP contribution is -2.64. The number of amides is 2. The second-order valence-electron chi connectivity index (χ2n) is 24.7. The predicted molar refractivity (Wildman–Crippen MR) is 366 cm³/mol. The zero-order chi connectivity index (χ0) is 65.8. The summed E-state index contributed by atoms with van der Waals surface area (Å²) in [6, 6.07) is 22.8. The molecule has 476 valence electrons. The molecule has 22 nitrogen and oxygen atoms in total. The van der Waals surface area contributed by atoms with Crippen molar-refractivity contribution in [2.45, 2.75) is 145 Å². The van der Waals surface area contributed by atoms with E-state index in [2.05, 4.69) is 58.2 Å². The molecule has 4 fully saturated rings. The van der Waals surface area contributed by atoms with Crippen LogP contribution in [0.4, 0.5) is 34.1 Å². The fourth-order valence-corrected chi connectivity index (χ4v) is 14.3. The SMILES string of the molecule is [C-]#[N+]c1ccc(N2C(=O)C(C)(C)N(C3CCN(c4ccc(OCC)c(-c5nn6c(CCC)nc(C)c6c(=O)[nH]5)c4)CC3)C2=S)cc1C.[C-]#[N+]c1ccc(N2C(=O)C(C)(C)N(C3CN(c4ccc(OCC)c(-c5nn6c(CCC)nc(C)c6c(=O)[nH]5)c4)C3)C2=S)cc1C. The van der Waals surface area contributed by atoms with Gasteiger partial charge in [-0.1, -0.05) is 26.0 Å². The summed E-state index contributed by atoms with van der Waals surface area (Å²) in [5, 5.41) is 10.6. The number of fused-ring (bicyclic) bond motifs is 2. The summed E-state index contributed by atoms with van der Waals surface area (Å²) >= 11 is 11.9. The van der Waals surface area contributed by atoms with Crippen molar-refractivity contribution in [2.24, 2.45) is 0 Å². The highest BCUT2D eigenvalue weighted by Gasteiger charge is 2.55. The number of aromatic amines is 2. The van der Waals surface area contributed by atoms with E-state index in [-0.39, 0.29) is 35.0 Å². The second kappa shape index (κ2) is 25.3. The van der Waals surface area contributed by atoms with Crippen molar-refractivity contribution in [3.05, 3.63) is 151 Å². The Morgan fingerprint density at radius 3 is 1.36 bits per heavy atom. The van der Waals surface area contributed by atoms with Crippen LogP contribution in [0.2, 0.25) is 0 Å². The van der Waals surface area contributed by atoms with Gasteiger partial charge in [0.05, 0.1) is 54.9 Å². The predicted octanol–water partition coefficient (Wildman–Crippen LogP) is 11.2. The minimum absolute atomic E-state index is 0.0138. The number of H-pyrrole nitrogens is 2. The fourth-order valence-electron chi connectivity index (χ4n) is 13.2. The zero-order valence-corrected chi connectivity index (χ0v) is 55.7. The molecule has 4 aliphatic heterocycles. The van der Waals surface area contributed by atoms with E-state index in [1.54, 1.807) is 43.1 Å². The Bertz CT molecular complexity index is 4500. The Morgan fingerprint density at radius 2 is 0.967 bits per heavy atom. The van der Waals surface area contributed by atoms with E-state index in [1.165, 1.54) is 0 Å². The van der Waals surface area contributed by atoms with Crippen molar-refractivity contribution in [3.8, 4) is 34.3 Å². The molecule has 12 rings (SSSR count). The van der Waals surface area contributed by atoms with Gasteiger partial charge >= 0.3 is 0 Å². The molecule has 0 aliphatic carbocycles. The molecule has 8 heterocycles. The molecule has 2 N–H and O–H groups in total. The maximum Gasteiger partial charge on any atom is 0.277 e. The van der Waals surface area contributed by atoms with Crippen LogP contribution in [0.15, 0.2) is 82.4 Å². The van der Waals surface area contributed by atoms with E-state index in [0.717, 1.165) is 72.9 Å². The summed E-state index contributed by atoms with van der Waals surface area (Å²) in [6.45, 7) is 41.5. The number of piperidine rings is 1. The maximum atomic E-state index is 13.7. The molecule has 4 aliphatic rings. The van der Waals surface area contributed by atoms with Crippen molar-refractivity contribution >= 4 is 91.6 Å². The minimum Gasteiger partial charge on any atom is -0.493 e. The van der Waals surface area contributed by atoms with Gasteiger partial charge in [0.2, 0.25) is 0 Å². The van der Waals surface area contributed by atoms with Crippen molar-refractivity contribution in [1.29, 1.82) is 0 Å². The number of aromatic nitrogens is 8. The summed E-state index contributed by atoms with van der Waals surface area (Å²) in [5.41, 5.74) is 7.54. The van der Waals surface area contributed by atoms with Crippen molar-refractivity contribution < 1.29 is 19.1 Å². The Labute approximate surface area is 545 Å². The first kappa shape index (κ1) is 64.0. The summed E-state index contributed by atoms with van der Waals surface area (Å²) in [7, 11) is 0. The average molecular weight is 1280 g/mol. The largest absolute Gasteiger partial charge is 0.493 e. The Kier molecular flexibility index (Phi) is 17.6. The number of benzene rings is 4. The van der Waals surface area contributed by atoms with Crippen molar-refractivity contribution in [1.82, 2.24) is 49.0 Å². The third-order valence-electron chi connectivity index (χ3n) is 17.8. The molecule has 8 aromatic rings. The number of rotatable bonds is 16. The monoisotopic (exact) mass is 1280 g/mol. The lowest BCUT2D eigenvalue weighted by molar-refractivity contribution is -0.124. The molecule has 0 radical (unpaired) electrons. The number of thiocarbonyl (C=S) groups is 2. The molecule has 0 saturated carbocycles. The summed E-state index contributed by atoms with van der Waals surface area (Å²) in [4.78, 5) is 88.0. The number of carbonyl (C=O) groups is 2. The van der Waals surface area contributed by atoms with Crippen LogP contribution in [-0.2, 0) is 22.4 Å². The number of carbonyl (C=O) groups excluding carboxylic acids is 2. The fraction of sp³-hybridized carbons (Fsp3) is 0.412. The van der Waals surface area contributed by atoms with Crippen LogP contribution in [0.5, 0.6) is 11.5 Å². The zero-order valence-electron chi connectivity index (χ0n) is 54.1. The van der Waals surface area contributed by atoms with Gasteiger partial charge in [-0.05, 0) is 191 Å². The van der Waals surface area contributed by atoms with Gasteiger partial charge in [-0.3, -0.25) is 29.0 Å². The second-order valence-corrected chi connectivity index (χ2v) is 25.5. The van der Waals surface area contributed by atoms with Crippen molar-refractivity contribution in [3.63, 3.8) is 0 Å². The van der Waals surface area contributed by atoms with Gasteiger partial charge in [0.15, 0.2) is 44.3 Å². The highest BCUT2D eigenvalue weighted by Crippen LogP contribution is 2.42. The highest BCUT2D eigenvalue weighted by molar-refractivity contribution is 7.80. The normalized spacial score (nSPS) is 16.6. The quantitative estimate of drug-likeness (QED) is 0.0681. The van der Waals surface area contributed by atoms with Gasteiger partial charge in [-0.15, -0.1) is 10.2 Å². The highest BCUT2D eigenvalue weighted by atomic mass is 32.1. The number of imidazole rings is 2. The third-order valence-corrected chi connectivity index (χ3v) is 18.6. The molecular weight excluding hydrogens is 1200 g/mol. The molecule has 92 heavy (non-hydrogen) atoms. The smallest absolute Gasteiger partial charge is 0.277 e. The molecule has 4 aromatic heterocycles. The van der Waals surface area contributed by atoms with E-state index in [9.17, 15) is 19.2 Å². The number of aryl methyl sites for hydroxylation is 6. The number of ether oxygens (including phenoxy) is 2. The van der Waals surface area contributed by atoms with Gasteiger partial charge in [0.1, 0.15) is 34.2 Å². The number of hydrogen-bond acceptors (Lipinski definition) is 14. The number of hydrogen-bond donors (Lipinski definition) is 2. The molecular formula is C68H76N16O6S2. The van der Waals surface area contributed by atoms with Gasteiger partial charge in [0, 0.05) is 67.8 Å². The van der Waals surface area contributed by atoms with Crippen LogP contribution in [-0.4, -0.2) is 134 Å². The maximum absolute atomic E-state index is 13.7. The van der Waals surface area contributed by atoms with Crippen LogP contribution in [0.3, 0.4) is 0 Å². The molecule has 4 saturated heterocycles. The van der Waals surface area contributed by atoms with E-state index < -0.39 is 11.1 Å². The Morgan fingerprint density at radius 1 is 0.565 bits per heavy atom. The first-order valence-corrected chi connectivity index (χ1v) is 32.1. The molecule has 4 aromatic carbocycles. The van der Waals surface area contributed by atoms with E-state index in [4.69, 9.17) is 57.3 Å². The summed E-state index contributed by atoms with van der Waals surface area (Å²) < 4.78 is 15.3. The molecule has 0 spiro atoms. The van der Waals surface area contributed by atoms with Crippen LogP contribution in [0.25, 0.3) is 43.5 Å². The van der Waals surface area contributed by atoms with Gasteiger partial charge < -0.3 is 39.0 Å². The van der Waals surface area contributed by atoms with Crippen LogP contribution in [0.1, 0.15) is 115 Å². The van der Waals surface area contributed by atoms with Crippen LogP contribution < -0.4 is 40.2 Å². The molecule has 0 atom stereocenters. The summed E-state index contributed by atoms with van der Waals surface area (Å²) in [5.74, 6) is 3.46. The van der Waals surface area contributed by atoms with Crippen LogP contribution >= 0.6 is 24.4 Å². The molecule has 24 heteroatoms.